The highest BCUT2D eigenvalue weighted by Gasteiger charge is 2.05. The van der Waals surface area contributed by atoms with Crippen LogP contribution in [0.25, 0.3) is 0 Å². The highest BCUT2D eigenvalue weighted by molar-refractivity contribution is 9.10. The Bertz CT molecular complexity index is 523. The second-order valence-electron chi connectivity index (χ2n) is 3.24. The maximum absolute atomic E-state index is 11.6. The first-order valence-corrected chi connectivity index (χ1v) is 5.48. The van der Waals surface area contributed by atoms with E-state index in [9.17, 15) is 4.79 Å². The summed E-state index contributed by atoms with van der Waals surface area (Å²) < 4.78 is 2.05. The quantitative estimate of drug-likeness (QED) is 0.867. The molecule has 0 saturated heterocycles. The van der Waals surface area contributed by atoms with Gasteiger partial charge in [-0.3, -0.25) is 9.48 Å². The molecule has 0 atom stereocenters. The molecule has 2 aromatic rings. The molecule has 0 bridgehead atoms. The lowest BCUT2D eigenvalue weighted by Crippen LogP contribution is -2.19. The minimum atomic E-state index is -0.246. The Balaban J connectivity index is 1.95. The lowest BCUT2D eigenvalue weighted by Gasteiger charge is -2.03. The van der Waals surface area contributed by atoms with Crippen molar-refractivity contribution < 1.29 is 4.79 Å². The molecule has 7 nitrogen and oxygen atoms in total. The van der Waals surface area contributed by atoms with Gasteiger partial charge in [0.2, 0.25) is 5.91 Å². The first-order valence-electron chi connectivity index (χ1n) is 4.69. The van der Waals surface area contributed by atoms with Crippen LogP contribution in [0.1, 0.15) is 0 Å². The van der Waals surface area contributed by atoms with Crippen LogP contribution in [0, 0.1) is 0 Å². The van der Waals surface area contributed by atoms with Gasteiger partial charge in [-0.2, -0.15) is 5.10 Å². The Hall–Kier alpha value is -1.96. The fraction of sp³-hybridized carbons (Fsp3) is 0.111. The molecule has 2 aromatic heterocycles. The van der Waals surface area contributed by atoms with Crippen LogP contribution in [0.3, 0.4) is 0 Å². The predicted octanol–water partition coefficient (Wildman–Crippen LogP) is 0.656. The summed E-state index contributed by atoms with van der Waals surface area (Å²) in [5.74, 6) is 0.142. The summed E-state index contributed by atoms with van der Waals surface area (Å²) in [6.45, 7) is 0.0783. The normalized spacial score (nSPS) is 10.2. The van der Waals surface area contributed by atoms with Crippen molar-refractivity contribution in [3.8, 4) is 0 Å². The molecule has 2 rings (SSSR count). The van der Waals surface area contributed by atoms with Crippen LogP contribution in [-0.4, -0.2) is 25.7 Å². The van der Waals surface area contributed by atoms with Gasteiger partial charge in [-0.15, -0.1) is 0 Å². The van der Waals surface area contributed by atoms with E-state index < -0.39 is 0 Å². The summed E-state index contributed by atoms with van der Waals surface area (Å²) in [6.07, 6.45) is 6.01. The number of carbonyl (C=O) groups excluding carboxylic acids is 1. The third-order valence-electron chi connectivity index (χ3n) is 1.85. The highest BCUT2D eigenvalue weighted by Crippen LogP contribution is 2.06. The number of anilines is 2. The zero-order valence-electron chi connectivity index (χ0n) is 8.67. The largest absolute Gasteiger partial charge is 0.396 e. The lowest BCUT2D eigenvalue weighted by molar-refractivity contribution is -0.116. The van der Waals surface area contributed by atoms with Gasteiger partial charge in [-0.25, -0.2) is 9.97 Å². The second-order valence-corrected chi connectivity index (χ2v) is 4.06. The van der Waals surface area contributed by atoms with E-state index in [0.717, 1.165) is 0 Å². The highest BCUT2D eigenvalue weighted by atomic mass is 79.9. The zero-order chi connectivity index (χ0) is 12.3. The van der Waals surface area contributed by atoms with Crippen molar-refractivity contribution in [1.82, 2.24) is 19.7 Å². The number of nitrogens with one attached hydrogen (secondary N) is 1. The molecule has 88 valence electrons. The number of nitrogens with zero attached hydrogens (tertiary/aromatic N) is 4. The summed E-state index contributed by atoms with van der Waals surface area (Å²) in [5, 5.41) is 6.49. The number of hydrogen-bond donors (Lipinski definition) is 2. The molecular weight excluding hydrogens is 288 g/mol. The van der Waals surface area contributed by atoms with Crippen LogP contribution in [0.15, 0.2) is 29.4 Å². The van der Waals surface area contributed by atoms with Crippen molar-refractivity contribution in [2.45, 2.75) is 6.54 Å². The van der Waals surface area contributed by atoms with Crippen molar-refractivity contribution in [2.24, 2.45) is 0 Å². The van der Waals surface area contributed by atoms with E-state index in [1.807, 2.05) is 0 Å². The molecule has 0 radical (unpaired) electrons. The molecule has 17 heavy (non-hydrogen) atoms. The zero-order valence-corrected chi connectivity index (χ0v) is 10.3. The van der Waals surface area contributed by atoms with E-state index >= 15 is 0 Å². The van der Waals surface area contributed by atoms with E-state index in [-0.39, 0.29) is 12.5 Å². The van der Waals surface area contributed by atoms with Crippen molar-refractivity contribution >= 4 is 33.3 Å². The average Bonchev–Trinajstić information content (AvgIpc) is 2.67. The third kappa shape index (κ3) is 3.25. The molecule has 0 aliphatic heterocycles. The second kappa shape index (κ2) is 4.91. The summed E-state index contributed by atoms with van der Waals surface area (Å²) in [7, 11) is 0. The number of hydrogen-bond acceptors (Lipinski definition) is 5. The number of aromatic nitrogens is 4. The van der Waals surface area contributed by atoms with E-state index in [1.54, 1.807) is 6.20 Å². The van der Waals surface area contributed by atoms with Crippen LogP contribution >= 0.6 is 15.9 Å². The molecule has 0 fully saturated rings. The maximum Gasteiger partial charge on any atom is 0.247 e. The Morgan fingerprint density at radius 2 is 2.24 bits per heavy atom. The average molecular weight is 297 g/mol. The Morgan fingerprint density at radius 3 is 2.82 bits per heavy atom. The Labute approximate surface area is 105 Å². The van der Waals surface area contributed by atoms with Crippen LogP contribution in [0.4, 0.5) is 11.5 Å². The lowest BCUT2D eigenvalue weighted by atomic mass is 10.5. The summed E-state index contributed by atoms with van der Waals surface area (Å²) in [6, 6.07) is 0. The number of nitrogen functional groups attached to an aromatic ring is 1. The Morgan fingerprint density at radius 1 is 1.41 bits per heavy atom. The number of nitrogens with two attached hydrogens (primary N) is 1. The standard InChI is InChI=1S/C9H9BrN6O/c10-7-2-13-8(3-12-7)15-9(17)5-16-4-6(11)1-14-16/h1-4H,5,11H2,(H,13,15,17). The van der Waals surface area contributed by atoms with Crippen molar-refractivity contribution in [2.75, 3.05) is 11.1 Å². The van der Waals surface area contributed by atoms with Gasteiger partial charge in [-0.05, 0) is 15.9 Å². The van der Waals surface area contributed by atoms with Crippen LogP contribution in [0.5, 0.6) is 0 Å². The summed E-state index contributed by atoms with van der Waals surface area (Å²) in [5.41, 5.74) is 6.00. The van der Waals surface area contributed by atoms with E-state index in [2.05, 4.69) is 36.3 Å². The smallest absolute Gasteiger partial charge is 0.247 e. The summed E-state index contributed by atoms with van der Waals surface area (Å²) in [4.78, 5) is 19.5. The van der Waals surface area contributed by atoms with Crippen molar-refractivity contribution in [3.05, 3.63) is 29.4 Å². The molecule has 0 aliphatic rings. The van der Waals surface area contributed by atoms with E-state index in [0.29, 0.717) is 16.1 Å². The van der Waals surface area contributed by atoms with Gasteiger partial charge in [0, 0.05) is 6.20 Å². The van der Waals surface area contributed by atoms with Gasteiger partial charge in [0.05, 0.1) is 24.3 Å². The molecule has 3 N–H and O–H groups in total. The van der Waals surface area contributed by atoms with Crippen molar-refractivity contribution in [1.29, 1.82) is 0 Å². The molecule has 0 aromatic carbocycles. The fourth-order valence-electron chi connectivity index (χ4n) is 1.17. The van der Waals surface area contributed by atoms with Gasteiger partial charge >= 0.3 is 0 Å². The fourth-order valence-corrected chi connectivity index (χ4v) is 1.38. The number of halogens is 1. The van der Waals surface area contributed by atoms with Gasteiger partial charge in [0.1, 0.15) is 11.1 Å². The van der Waals surface area contributed by atoms with Crippen LogP contribution in [-0.2, 0) is 11.3 Å². The van der Waals surface area contributed by atoms with E-state index in [1.165, 1.54) is 23.3 Å². The molecule has 0 unspecified atom stereocenters. The number of rotatable bonds is 3. The molecule has 0 aliphatic carbocycles. The Kier molecular flexibility index (Phi) is 3.33. The van der Waals surface area contributed by atoms with Gasteiger partial charge < -0.3 is 11.1 Å². The van der Waals surface area contributed by atoms with Gasteiger partial charge in [0.25, 0.3) is 0 Å². The monoisotopic (exact) mass is 296 g/mol. The van der Waals surface area contributed by atoms with Crippen LogP contribution < -0.4 is 11.1 Å². The number of amides is 1. The molecule has 1 amide bonds. The molecule has 0 spiro atoms. The minimum Gasteiger partial charge on any atom is -0.396 e. The number of carbonyl (C=O) groups is 1. The minimum absolute atomic E-state index is 0.0783. The SMILES string of the molecule is Nc1cnn(CC(=O)Nc2cnc(Br)cn2)c1. The topological polar surface area (TPSA) is 98.7 Å². The summed E-state index contributed by atoms with van der Waals surface area (Å²) >= 11 is 3.15. The first-order chi connectivity index (χ1) is 8.13. The predicted molar refractivity (Wildman–Crippen MR) is 65.0 cm³/mol. The van der Waals surface area contributed by atoms with Gasteiger partial charge in [0.15, 0.2) is 5.82 Å². The molecule has 2 heterocycles. The van der Waals surface area contributed by atoms with Gasteiger partial charge in [-0.1, -0.05) is 0 Å². The maximum atomic E-state index is 11.6. The first kappa shape index (κ1) is 11.5. The van der Waals surface area contributed by atoms with E-state index in [4.69, 9.17) is 5.73 Å². The molecule has 0 saturated carbocycles. The third-order valence-corrected chi connectivity index (χ3v) is 2.26. The molecular formula is C9H9BrN6O. The van der Waals surface area contributed by atoms with Crippen LogP contribution in [0.2, 0.25) is 0 Å². The van der Waals surface area contributed by atoms with Crippen molar-refractivity contribution in [3.63, 3.8) is 0 Å². The molecule has 8 heteroatoms.